The van der Waals surface area contributed by atoms with Crippen LogP contribution in [0.15, 0.2) is 17.4 Å². The third-order valence-corrected chi connectivity index (χ3v) is 3.25. The molecule has 1 aromatic heterocycles. The number of hydrogen-bond acceptors (Lipinski definition) is 5. The summed E-state index contributed by atoms with van der Waals surface area (Å²) in [6, 6.07) is 1.72. The zero-order chi connectivity index (χ0) is 13.1. The number of rotatable bonds is 2. The number of nitrogens with two attached hydrogens (primary N) is 1. The quantitative estimate of drug-likeness (QED) is 0.354. The van der Waals surface area contributed by atoms with Gasteiger partial charge in [0.05, 0.1) is 11.8 Å². The van der Waals surface area contributed by atoms with E-state index in [1.807, 2.05) is 0 Å². The highest BCUT2D eigenvalue weighted by Crippen LogP contribution is 2.26. The van der Waals surface area contributed by atoms with E-state index >= 15 is 0 Å². The van der Waals surface area contributed by atoms with Gasteiger partial charge in [0, 0.05) is 13.1 Å². The maximum atomic E-state index is 8.81. The lowest BCUT2D eigenvalue weighted by Gasteiger charge is -2.36. The van der Waals surface area contributed by atoms with Gasteiger partial charge in [-0.25, -0.2) is 0 Å². The zero-order valence-corrected chi connectivity index (χ0v) is 10.7. The largest absolute Gasteiger partial charge is 0.409 e. The smallest absolute Gasteiger partial charge is 0.173 e. The molecule has 6 heteroatoms. The van der Waals surface area contributed by atoms with Crippen LogP contribution in [0.3, 0.4) is 0 Å². The second kappa shape index (κ2) is 5.20. The molecule has 1 fully saturated rings. The molecule has 1 aliphatic rings. The summed E-state index contributed by atoms with van der Waals surface area (Å²) in [4.78, 5) is 2.17. The number of oxime groups is 1. The molecule has 0 bridgehead atoms. The summed E-state index contributed by atoms with van der Waals surface area (Å²) in [7, 11) is 0. The fourth-order valence-electron chi connectivity index (χ4n) is 2.65. The third kappa shape index (κ3) is 2.52. The molecular weight excluding hydrogens is 230 g/mol. The van der Waals surface area contributed by atoms with Crippen molar-refractivity contribution in [2.24, 2.45) is 22.7 Å². The number of anilines is 1. The van der Waals surface area contributed by atoms with Crippen LogP contribution in [0.4, 0.5) is 5.82 Å². The number of nitrogens with zero attached hydrogens (tertiary/aromatic N) is 4. The van der Waals surface area contributed by atoms with E-state index in [0.29, 0.717) is 23.2 Å². The van der Waals surface area contributed by atoms with Crippen molar-refractivity contribution in [2.75, 3.05) is 18.0 Å². The number of aromatic nitrogens is 2. The molecule has 2 atom stereocenters. The minimum atomic E-state index is 0.0748. The van der Waals surface area contributed by atoms with E-state index in [2.05, 4.69) is 34.1 Å². The summed E-state index contributed by atoms with van der Waals surface area (Å²) in [5.74, 6) is 1.99. The van der Waals surface area contributed by atoms with Crippen LogP contribution in [-0.4, -0.2) is 34.3 Å². The van der Waals surface area contributed by atoms with Gasteiger partial charge in [-0.05, 0) is 24.3 Å². The van der Waals surface area contributed by atoms with Crippen molar-refractivity contribution in [1.82, 2.24) is 10.2 Å². The summed E-state index contributed by atoms with van der Waals surface area (Å²) in [5.41, 5.74) is 6.31. The van der Waals surface area contributed by atoms with Gasteiger partial charge in [-0.2, -0.15) is 5.10 Å². The Morgan fingerprint density at radius 2 is 2.11 bits per heavy atom. The highest BCUT2D eigenvalue weighted by molar-refractivity contribution is 6.01. The van der Waals surface area contributed by atoms with Crippen molar-refractivity contribution in [3.05, 3.63) is 17.8 Å². The summed E-state index contributed by atoms with van der Waals surface area (Å²) >= 11 is 0. The van der Waals surface area contributed by atoms with Gasteiger partial charge >= 0.3 is 0 Å². The minimum absolute atomic E-state index is 0.0748. The molecular formula is C12H19N5O. The Bertz CT molecular complexity index is 438. The Labute approximate surface area is 106 Å². The Morgan fingerprint density at radius 1 is 1.44 bits per heavy atom. The van der Waals surface area contributed by atoms with Crippen molar-refractivity contribution >= 4 is 11.7 Å². The van der Waals surface area contributed by atoms with E-state index in [1.165, 1.54) is 6.42 Å². The molecule has 98 valence electrons. The highest BCUT2D eigenvalue weighted by Gasteiger charge is 2.25. The first-order chi connectivity index (χ1) is 8.61. The summed E-state index contributed by atoms with van der Waals surface area (Å²) in [6.45, 7) is 6.30. The number of piperidine rings is 1. The number of hydrogen-bond donors (Lipinski definition) is 2. The SMILES string of the molecule is CC1CC(C)CN(c2nnccc2/C(N)=N/O)C1. The minimum Gasteiger partial charge on any atom is -0.409 e. The van der Waals surface area contributed by atoms with Crippen LogP contribution in [0.25, 0.3) is 0 Å². The van der Waals surface area contributed by atoms with Crippen molar-refractivity contribution < 1.29 is 5.21 Å². The molecule has 0 radical (unpaired) electrons. The molecule has 2 heterocycles. The topological polar surface area (TPSA) is 87.6 Å². The summed E-state index contributed by atoms with van der Waals surface area (Å²) in [6.07, 6.45) is 2.77. The van der Waals surface area contributed by atoms with Gasteiger partial charge in [0.1, 0.15) is 0 Å². The molecule has 0 aliphatic carbocycles. The molecule has 2 rings (SSSR count). The lowest BCUT2D eigenvalue weighted by molar-refractivity contribution is 0.318. The molecule has 18 heavy (non-hydrogen) atoms. The Balaban J connectivity index is 2.32. The predicted octanol–water partition coefficient (Wildman–Crippen LogP) is 1.05. The van der Waals surface area contributed by atoms with Gasteiger partial charge in [0.25, 0.3) is 0 Å². The second-order valence-electron chi connectivity index (χ2n) is 5.10. The van der Waals surface area contributed by atoms with E-state index in [9.17, 15) is 0 Å². The molecule has 0 saturated carbocycles. The molecule has 0 aromatic carbocycles. The monoisotopic (exact) mass is 249 g/mol. The zero-order valence-electron chi connectivity index (χ0n) is 10.7. The average molecular weight is 249 g/mol. The standard InChI is InChI=1S/C12H19N5O/c1-8-5-9(2)7-17(6-8)12-10(11(13)16-18)3-4-14-15-12/h3-4,8-9,18H,5-7H2,1-2H3,(H2,13,16). The third-order valence-electron chi connectivity index (χ3n) is 3.25. The van der Waals surface area contributed by atoms with E-state index in [1.54, 1.807) is 12.3 Å². The molecule has 1 saturated heterocycles. The van der Waals surface area contributed by atoms with Gasteiger partial charge in [-0.1, -0.05) is 19.0 Å². The number of amidine groups is 1. The van der Waals surface area contributed by atoms with Gasteiger partial charge in [0.15, 0.2) is 11.7 Å². The van der Waals surface area contributed by atoms with Crippen molar-refractivity contribution in [2.45, 2.75) is 20.3 Å². The van der Waals surface area contributed by atoms with Crippen molar-refractivity contribution in [1.29, 1.82) is 0 Å². The van der Waals surface area contributed by atoms with E-state index in [4.69, 9.17) is 10.9 Å². The Hall–Kier alpha value is -1.85. The van der Waals surface area contributed by atoms with Crippen LogP contribution in [0.1, 0.15) is 25.8 Å². The molecule has 1 aliphatic heterocycles. The van der Waals surface area contributed by atoms with Crippen LogP contribution in [0.5, 0.6) is 0 Å². The predicted molar refractivity (Wildman–Crippen MR) is 69.7 cm³/mol. The fourth-order valence-corrected chi connectivity index (χ4v) is 2.65. The molecule has 1 aromatic rings. The van der Waals surface area contributed by atoms with Crippen LogP contribution in [0.2, 0.25) is 0 Å². The Kier molecular flexibility index (Phi) is 3.64. The fraction of sp³-hybridized carbons (Fsp3) is 0.583. The van der Waals surface area contributed by atoms with Gasteiger partial charge in [-0.15, -0.1) is 5.10 Å². The normalized spacial score (nSPS) is 25.2. The maximum Gasteiger partial charge on any atom is 0.173 e. The van der Waals surface area contributed by atoms with Crippen molar-refractivity contribution in [3.63, 3.8) is 0 Å². The maximum absolute atomic E-state index is 8.81. The van der Waals surface area contributed by atoms with Gasteiger partial charge in [0.2, 0.25) is 0 Å². The summed E-state index contributed by atoms with van der Waals surface area (Å²) in [5, 5.41) is 19.9. The molecule has 0 spiro atoms. The molecule has 2 unspecified atom stereocenters. The van der Waals surface area contributed by atoms with Crippen molar-refractivity contribution in [3.8, 4) is 0 Å². The lowest BCUT2D eigenvalue weighted by atomic mass is 9.91. The van der Waals surface area contributed by atoms with E-state index in [0.717, 1.165) is 13.1 Å². The van der Waals surface area contributed by atoms with Crippen LogP contribution in [-0.2, 0) is 0 Å². The van der Waals surface area contributed by atoms with E-state index in [-0.39, 0.29) is 5.84 Å². The first kappa shape index (κ1) is 12.6. The Morgan fingerprint density at radius 3 is 2.72 bits per heavy atom. The van der Waals surface area contributed by atoms with E-state index < -0.39 is 0 Å². The van der Waals surface area contributed by atoms with Crippen LogP contribution in [0, 0.1) is 11.8 Å². The first-order valence-electron chi connectivity index (χ1n) is 6.16. The molecule has 6 nitrogen and oxygen atoms in total. The summed E-state index contributed by atoms with van der Waals surface area (Å²) < 4.78 is 0. The molecule has 0 amide bonds. The second-order valence-corrected chi connectivity index (χ2v) is 5.10. The van der Waals surface area contributed by atoms with Crippen LogP contribution < -0.4 is 10.6 Å². The average Bonchev–Trinajstić information content (AvgIpc) is 2.36. The highest BCUT2D eigenvalue weighted by atomic mass is 16.4. The van der Waals surface area contributed by atoms with Gasteiger partial charge < -0.3 is 15.8 Å². The molecule has 3 N–H and O–H groups in total. The van der Waals surface area contributed by atoms with Crippen LogP contribution >= 0.6 is 0 Å². The first-order valence-corrected chi connectivity index (χ1v) is 6.16. The van der Waals surface area contributed by atoms with Gasteiger partial charge in [-0.3, -0.25) is 0 Å². The lowest BCUT2D eigenvalue weighted by Crippen LogP contribution is -2.40.